The number of nitrogens with one attached hydrogen (secondary N) is 1. The first-order chi connectivity index (χ1) is 8.27. The highest BCUT2D eigenvalue weighted by molar-refractivity contribution is 6.18. The van der Waals surface area contributed by atoms with Gasteiger partial charge in [-0.3, -0.25) is 0 Å². The van der Waals surface area contributed by atoms with Crippen LogP contribution in [0.5, 0.6) is 0 Å². The Hall–Kier alpha value is -1.48. The van der Waals surface area contributed by atoms with E-state index in [1.165, 1.54) is 0 Å². The van der Waals surface area contributed by atoms with Gasteiger partial charge in [0.25, 0.3) is 0 Å². The van der Waals surface area contributed by atoms with E-state index in [2.05, 4.69) is 4.98 Å². The van der Waals surface area contributed by atoms with Gasteiger partial charge in [0.2, 0.25) is 0 Å². The Bertz CT molecular complexity index is 533. The van der Waals surface area contributed by atoms with Gasteiger partial charge in [-0.1, -0.05) is 18.2 Å². The molecular formula is C13H14ClNO2. The molecule has 0 fully saturated rings. The number of aromatic amines is 1. The van der Waals surface area contributed by atoms with E-state index in [1.807, 2.05) is 24.3 Å². The molecule has 0 unspecified atom stereocenters. The van der Waals surface area contributed by atoms with Crippen molar-refractivity contribution < 1.29 is 9.53 Å². The average Bonchev–Trinajstić information content (AvgIpc) is 2.70. The molecule has 90 valence electrons. The van der Waals surface area contributed by atoms with Gasteiger partial charge in [-0.2, -0.15) is 0 Å². The summed E-state index contributed by atoms with van der Waals surface area (Å²) in [6.07, 6.45) is 0.652. The van der Waals surface area contributed by atoms with Gasteiger partial charge in [-0.05, 0) is 25.0 Å². The Labute approximate surface area is 105 Å². The van der Waals surface area contributed by atoms with Crippen LogP contribution in [0, 0.1) is 0 Å². The summed E-state index contributed by atoms with van der Waals surface area (Å²) in [4.78, 5) is 14.9. The predicted octanol–water partition coefficient (Wildman–Crippen LogP) is 3.13. The van der Waals surface area contributed by atoms with Gasteiger partial charge in [0.1, 0.15) is 5.69 Å². The third-order valence-corrected chi connectivity index (χ3v) is 2.83. The Kier molecular flexibility index (Phi) is 3.69. The molecule has 1 aromatic heterocycles. The van der Waals surface area contributed by atoms with Crippen LogP contribution < -0.4 is 0 Å². The number of ether oxygens (including phenoxy) is 1. The number of rotatable bonds is 4. The third kappa shape index (κ3) is 2.29. The van der Waals surface area contributed by atoms with Crippen molar-refractivity contribution in [2.24, 2.45) is 0 Å². The highest BCUT2D eigenvalue weighted by Gasteiger charge is 2.17. The largest absolute Gasteiger partial charge is 0.461 e. The number of halogens is 1. The minimum absolute atomic E-state index is 0.316. The molecule has 0 bridgehead atoms. The van der Waals surface area contributed by atoms with Crippen LogP contribution in [0.15, 0.2) is 24.3 Å². The fourth-order valence-corrected chi connectivity index (χ4v) is 2.12. The zero-order valence-corrected chi connectivity index (χ0v) is 10.4. The number of hydrogen-bond acceptors (Lipinski definition) is 2. The molecular weight excluding hydrogens is 238 g/mol. The fraction of sp³-hybridized carbons (Fsp3) is 0.308. The van der Waals surface area contributed by atoms with Gasteiger partial charge in [-0.25, -0.2) is 4.79 Å². The zero-order chi connectivity index (χ0) is 12.3. The molecule has 0 amide bonds. The van der Waals surface area contributed by atoms with Gasteiger partial charge in [-0.15, -0.1) is 11.6 Å². The number of fused-ring (bicyclic) bond motifs is 1. The van der Waals surface area contributed by atoms with Crippen molar-refractivity contribution >= 4 is 28.5 Å². The standard InChI is InChI=1S/C13H14ClNO2/c1-2-17-13(16)12-10(7-8-14)9-5-3-4-6-11(9)15-12/h3-6,15H,2,7-8H2,1H3. The minimum Gasteiger partial charge on any atom is -0.461 e. The molecule has 1 aromatic carbocycles. The molecule has 0 aliphatic heterocycles. The lowest BCUT2D eigenvalue weighted by Crippen LogP contribution is -2.08. The quantitative estimate of drug-likeness (QED) is 0.670. The monoisotopic (exact) mass is 251 g/mol. The SMILES string of the molecule is CCOC(=O)c1[nH]c2ccccc2c1CCCl. The van der Waals surface area contributed by atoms with E-state index in [0.29, 0.717) is 24.6 Å². The molecule has 4 heteroatoms. The number of hydrogen-bond donors (Lipinski definition) is 1. The molecule has 0 aliphatic carbocycles. The summed E-state index contributed by atoms with van der Waals surface area (Å²) in [7, 11) is 0. The summed E-state index contributed by atoms with van der Waals surface area (Å²) in [6.45, 7) is 2.16. The molecule has 1 N–H and O–H groups in total. The van der Waals surface area contributed by atoms with E-state index in [4.69, 9.17) is 16.3 Å². The highest BCUT2D eigenvalue weighted by atomic mass is 35.5. The Morgan fingerprint density at radius 2 is 2.18 bits per heavy atom. The van der Waals surface area contributed by atoms with Crippen LogP contribution in [0.3, 0.4) is 0 Å². The predicted molar refractivity (Wildman–Crippen MR) is 68.7 cm³/mol. The maximum absolute atomic E-state index is 11.8. The van der Waals surface area contributed by atoms with Gasteiger partial charge in [0, 0.05) is 16.8 Å². The summed E-state index contributed by atoms with van der Waals surface area (Å²) >= 11 is 5.78. The summed E-state index contributed by atoms with van der Waals surface area (Å²) in [5, 5.41) is 1.04. The molecule has 0 atom stereocenters. The molecule has 0 aliphatic rings. The number of para-hydroxylation sites is 1. The van der Waals surface area contributed by atoms with Crippen LogP contribution in [0.4, 0.5) is 0 Å². The first kappa shape index (κ1) is 12.0. The first-order valence-corrected chi connectivity index (χ1v) is 6.14. The molecule has 0 spiro atoms. The molecule has 0 radical (unpaired) electrons. The summed E-state index contributed by atoms with van der Waals surface area (Å²) in [5.74, 6) is 0.164. The van der Waals surface area contributed by atoms with Crippen LogP contribution in [0.25, 0.3) is 10.9 Å². The van der Waals surface area contributed by atoms with E-state index in [0.717, 1.165) is 16.5 Å². The minimum atomic E-state index is -0.316. The fourth-order valence-electron chi connectivity index (χ4n) is 1.93. The van der Waals surface area contributed by atoms with Crippen molar-refractivity contribution in [1.29, 1.82) is 0 Å². The lowest BCUT2D eigenvalue weighted by atomic mass is 10.1. The lowest BCUT2D eigenvalue weighted by molar-refractivity contribution is 0.0519. The van der Waals surface area contributed by atoms with Crippen molar-refractivity contribution in [3.63, 3.8) is 0 Å². The molecule has 2 aromatic rings. The molecule has 1 heterocycles. The van der Waals surface area contributed by atoms with Crippen LogP contribution in [-0.4, -0.2) is 23.4 Å². The van der Waals surface area contributed by atoms with Crippen LogP contribution in [0.2, 0.25) is 0 Å². The van der Waals surface area contributed by atoms with E-state index >= 15 is 0 Å². The maximum atomic E-state index is 11.8. The van der Waals surface area contributed by atoms with E-state index in [-0.39, 0.29) is 5.97 Å². The first-order valence-electron chi connectivity index (χ1n) is 5.60. The number of aromatic nitrogens is 1. The van der Waals surface area contributed by atoms with Crippen molar-refractivity contribution in [1.82, 2.24) is 4.98 Å². The number of H-pyrrole nitrogens is 1. The maximum Gasteiger partial charge on any atom is 0.355 e. The summed E-state index contributed by atoms with van der Waals surface area (Å²) in [5.41, 5.74) is 2.40. The third-order valence-electron chi connectivity index (χ3n) is 2.64. The molecule has 3 nitrogen and oxygen atoms in total. The topological polar surface area (TPSA) is 42.1 Å². The number of benzene rings is 1. The van der Waals surface area contributed by atoms with Crippen LogP contribution in [0.1, 0.15) is 23.0 Å². The number of esters is 1. The number of alkyl halides is 1. The number of carbonyl (C=O) groups is 1. The highest BCUT2D eigenvalue weighted by Crippen LogP contribution is 2.23. The lowest BCUT2D eigenvalue weighted by Gasteiger charge is -2.02. The van der Waals surface area contributed by atoms with E-state index < -0.39 is 0 Å². The zero-order valence-electron chi connectivity index (χ0n) is 9.63. The van der Waals surface area contributed by atoms with Crippen LogP contribution >= 0.6 is 11.6 Å². The van der Waals surface area contributed by atoms with E-state index in [9.17, 15) is 4.79 Å². The Morgan fingerprint density at radius 1 is 1.41 bits per heavy atom. The Morgan fingerprint density at radius 3 is 2.88 bits per heavy atom. The average molecular weight is 252 g/mol. The van der Waals surface area contributed by atoms with Crippen molar-refractivity contribution in [2.75, 3.05) is 12.5 Å². The summed E-state index contributed by atoms with van der Waals surface area (Å²) in [6, 6.07) is 7.80. The normalized spacial score (nSPS) is 10.7. The molecule has 0 saturated heterocycles. The van der Waals surface area contributed by atoms with Gasteiger partial charge in [0.05, 0.1) is 6.61 Å². The smallest absolute Gasteiger partial charge is 0.355 e. The van der Waals surface area contributed by atoms with Crippen molar-refractivity contribution in [2.45, 2.75) is 13.3 Å². The molecule has 17 heavy (non-hydrogen) atoms. The van der Waals surface area contributed by atoms with E-state index in [1.54, 1.807) is 6.92 Å². The number of carbonyl (C=O) groups excluding carboxylic acids is 1. The van der Waals surface area contributed by atoms with Crippen LogP contribution in [-0.2, 0) is 11.2 Å². The second-order valence-corrected chi connectivity index (χ2v) is 4.06. The molecule has 0 saturated carbocycles. The Balaban J connectivity index is 2.53. The summed E-state index contributed by atoms with van der Waals surface area (Å²) < 4.78 is 5.03. The van der Waals surface area contributed by atoms with Gasteiger partial charge < -0.3 is 9.72 Å². The second-order valence-electron chi connectivity index (χ2n) is 3.68. The van der Waals surface area contributed by atoms with Crippen molar-refractivity contribution in [3.05, 3.63) is 35.5 Å². The van der Waals surface area contributed by atoms with Gasteiger partial charge >= 0.3 is 5.97 Å². The van der Waals surface area contributed by atoms with Crippen molar-refractivity contribution in [3.8, 4) is 0 Å². The number of aryl methyl sites for hydroxylation is 1. The molecule has 2 rings (SSSR count). The van der Waals surface area contributed by atoms with Gasteiger partial charge in [0.15, 0.2) is 0 Å². The second kappa shape index (κ2) is 5.23.